The van der Waals surface area contributed by atoms with Crippen LogP contribution in [0.15, 0.2) is 18.2 Å². The van der Waals surface area contributed by atoms with Gasteiger partial charge in [0, 0.05) is 18.7 Å². The van der Waals surface area contributed by atoms with Crippen molar-refractivity contribution in [1.82, 2.24) is 0 Å². The summed E-state index contributed by atoms with van der Waals surface area (Å²) in [6.45, 7) is 1.37. The third-order valence-electron chi connectivity index (χ3n) is 3.10. The molecule has 0 radical (unpaired) electrons. The van der Waals surface area contributed by atoms with Crippen LogP contribution in [0.3, 0.4) is 0 Å². The monoisotopic (exact) mass is 300 g/mol. The first-order chi connectivity index (χ1) is 9.14. The highest BCUT2D eigenvalue weighted by Crippen LogP contribution is 2.44. The van der Waals surface area contributed by atoms with E-state index < -0.39 is 27.5 Å². The molecule has 110 valence electrons. The molecule has 2 rings (SSSR count). The number of benzene rings is 1. The molecule has 0 saturated heterocycles. The van der Waals surface area contributed by atoms with Crippen molar-refractivity contribution < 1.29 is 27.8 Å². The van der Waals surface area contributed by atoms with Crippen molar-refractivity contribution in [3.63, 3.8) is 0 Å². The SMILES string of the molecule is COC(=O)C1c2cc(CS(C)(=O)=O)ccc2OC1(C)O. The minimum atomic E-state index is -3.19. The molecule has 1 aliphatic heterocycles. The summed E-state index contributed by atoms with van der Waals surface area (Å²) in [5.41, 5.74) is 0.962. The van der Waals surface area contributed by atoms with Gasteiger partial charge in [-0.05, 0) is 17.7 Å². The first-order valence-corrected chi connectivity index (χ1v) is 8.00. The number of esters is 1. The summed E-state index contributed by atoms with van der Waals surface area (Å²) in [6, 6.07) is 4.70. The van der Waals surface area contributed by atoms with Crippen LogP contribution in [-0.4, -0.2) is 38.6 Å². The Hall–Kier alpha value is -1.60. The lowest BCUT2D eigenvalue weighted by Gasteiger charge is -2.22. The van der Waals surface area contributed by atoms with E-state index in [1.54, 1.807) is 18.2 Å². The molecule has 0 fully saturated rings. The Morgan fingerprint density at radius 1 is 1.50 bits per heavy atom. The van der Waals surface area contributed by atoms with Crippen LogP contribution in [0.1, 0.15) is 24.0 Å². The molecule has 6 nitrogen and oxygen atoms in total. The van der Waals surface area contributed by atoms with Gasteiger partial charge in [0.25, 0.3) is 0 Å². The number of hydrogen-bond acceptors (Lipinski definition) is 6. The van der Waals surface area contributed by atoms with Crippen molar-refractivity contribution >= 4 is 15.8 Å². The minimum Gasteiger partial charge on any atom is -0.468 e. The molecule has 0 spiro atoms. The molecule has 0 saturated carbocycles. The second-order valence-electron chi connectivity index (χ2n) is 5.06. The highest BCUT2D eigenvalue weighted by Gasteiger charge is 2.48. The molecule has 2 unspecified atom stereocenters. The number of ether oxygens (including phenoxy) is 2. The van der Waals surface area contributed by atoms with Crippen molar-refractivity contribution in [2.75, 3.05) is 13.4 Å². The first kappa shape index (κ1) is 14.8. The lowest BCUT2D eigenvalue weighted by atomic mass is 9.93. The van der Waals surface area contributed by atoms with Crippen LogP contribution in [0.5, 0.6) is 5.75 Å². The highest BCUT2D eigenvalue weighted by molar-refractivity contribution is 7.89. The zero-order chi connectivity index (χ0) is 15.1. The van der Waals surface area contributed by atoms with E-state index in [-0.39, 0.29) is 5.75 Å². The largest absolute Gasteiger partial charge is 0.468 e. The summed E-state index contributed by atoms with van der Waals surface area (Å²) in [6.07, 6.45) is 1.13. The summed E-state index contributed by atoms with van der Waals surface area (Å²) < 4.78 is 32.6. The second-order valence-corrected chi connectivity index (χ2v) is 7.20. The Morgan fingerprint density at radius 2 is 2.15 bits per heavy atom. The summed E-state index contributed by atoms with van der Waals surface area (Å²) >= 11 is 0. The molecule has 1 aromatic carbocycles. The van der Waals surface area contributed by atoms with Crippen molar-refractivity contribution in [3.05, 3.63) is 29.3 Å². The van der Waals surface area contributed by atoms with Crippen LogP contribution >= 0.6 is 0 Å². The average Bonchev–Trinajstić information content (AvgIpc) is 2.55. The fourth-order valence-electron chi connectivity index (χ4n) is 2.34. The van der Waals surface area contributed by atoms with Gasteiger partial charge in [-0.3, -0.25) is 4.79 Å². The smallest absolute Gasteiger partial charge is 0.320 e. The number of hydrogen-bond donors (Lipinski definition) is 1. The number of aliphatic hydroxyl groups is 1. The number of rotatable bonds is 3. The van der Waals surface area contributed by atoms with Crippen LogP contribution in [0.4, 0.5) is 0 Å². The van der Waals surface area contributed by atoms with Gasteiger partial charge in [-0.2, -0.15) is 0 Å². The van der Waals surface area contributed by atoms with E-state index in [1.165, 1.54) is 14.0 Å². The maximum Gasteiger partial charge on any atom is 0.320 e. The molecule has 1 N–H and O–H groups in total. The fourth-order valence-corrected chi connectivity index (χ4v) is 3.13. The Kier molecular flexibility index (Phi) is 3.51. The Morgan fingerprint density at radius 3 is 2.70 bits per heavy atom. The van der Waals surface area contributed by atoms with Crippen LogP contribution in [0.2, 0.25) is 0 Å². The number of fused-ring (bicyclic) bond motifs is 1. The zero-order valence-corrected chi connectivity index (χ0v) is 12.2. The van der Waals surface area contributed by atoms with E-state index in [0.29, 0.717) is 16.9 Å². The van der Waals surface area contributed by atoms with Gasteiger partial charge in [0.1, 0.15) is 5.75 Å². The zero-order valence-electron chi connectivity index (χ0n) is 11.4. The summed E-state index contributed by atoms with van der Waals surface area (Å²) in [7, 11) is -1.97. The van der Waals surface area contributed by atoms with Gasteiger partial charge in [0.2, 0.25) is 5.79 Å². The Balaban J connectivity index is 2.46. The number of carbonyl (C=O) groups is 1. The number of carbonyl (C=O) groups excluding carboxylic acids is 1. The quantitative estimate of drug-likeness (QED) is 0.822. The van der Waals surface area contributed by atoms with Gasteiger partial charge in [0.05, 0.1) is 12.9 Å². The third kappa shape index (κ3) is 2.78. The van der Waals surface area contributed by atoms with E-state index in [0.717, 1.165) is 6.26 Å². The number of methoxy groups -OCH3 is 1. The minimum absolute atomic E-state index is 0.143. The Labute approximate surface area is 117 Å². The predicted molar refractivity (Wildman–Crippen MR) is 71.0 cm³/mol. The van der Waals surface area contributed by atoms with Gasteiger partial charge < -0.3 is 14.6 Å². The molecule has 1 heterocycles. The van der Waals surface area contributed by atoms with Gasteiger partial charge >= 0.3 is 5.97 Å². The van der Waals surface area contributed by atoms with E-state index in [2.05, 4.69) is 4.74 Å². The van der Waals surface area contributed by atoms with E-state index in [9.17, 15) is 18.3 Å². The molecule has 0 bridgehead atoms. The molecule has 7 heteroatoms. The third-order valence-corrected chi connectivity index (χ3v) is 3.96. The van der Waals surface area contributed by atoms with Crippen LogP contribution in [0, 0.1) is 0 Å². The maximum atomic E-state index is 11.8. The molecule has 2 atom stereocenters. The summed E-state index contributed by atoms with van der Waals surface area (Å²) in [5.74, 6) is -3.13. The van der Waals surface area contributed by atoms with Gasteiger partial charge in [-0.15, -0.1) is 0 Å². The lowest BCUT2D eigenvalue weighted by Crippen LogP contribution is -2.38. The summed E-state index contributed by atoms with van der Waals surface area (Å²) in [4.78, 5) is 11.8. The Bertz CT molecular complexity index is 647. The second kappa shape index (κ2) is 4.75. The summed E-state index contributed by atoms with van der Waals surface area (Å²) in [5, 5.41) is 10.2. The highest BCUT2D eigenvalue weighted by atomic mass is 32.2. The predicted octanol–water partition coefficient (Wildman–Crippen LogP) is 0.589. The molecule has 1 aromatic rings. The van der Waals surface area contributed by atoms with Crippen molar-refractivity contribution in [2.45, 2.75) is 24.4 Å². The van der Waals surface area contributed by atoms with Crippen molar-refractivity contribution in [2.24, 2.45) is 0 Å². The molecule has 0 aliphatic carbocycles. The molecule has 20 heavy (non-hydrogen) atoms. The van der Waals surface area contributed by atoms with Crippen LogP contribution < -0.4 is 4.74 Å². The van der Waals surface area contributed by atoms with Gasteiger partial charge in [-0.1, -0.05) is 6.07 Å². The first-order valence-electron chi connectivity index (χ1n) is 5.94. The maximum absolute atomic E-state index is 11.8. The molecule has 0 amide bonds. The fraction of sp³-hybridized carbons (Fsp3) is 0.462. The number of sulfone groups is 1. The van der Waals surface area contributed by atoms with E-state index in [4.69, 9.17) is 4.74 Å². The normalized spacial score (nSPS) is 24.9. The van der Waals surface area contributed by atoms with Gasteiger partial charge in [0.15, 0.2) is 15.8 Å². The van der Waals surface area contributed by atoms with Crippen LogP contribution in [-0.2, 0) is 25.1 Å². The average molecular weight is 300 g/mol. The molecular weight excluding hydrogens is 284 g/mol. The van der Waals surface area contributed by atoms with Crippen molar-refractivity contribution in [1.29, 1.82) is 0 Å². The standard InChI is InChI=1S/C13H16O6S/c1-13(15)11(12(14)18-2)9-6-8(7-20(3,16)17)4-5-10(9)19-13/h4-6,11,15H,7H2,1-3H3. The van der Waals surface area contributed by atoms with E-state index in [1.807, 2.05) is 0 Å². The lowest BCUT2D eigenvalue weighted by molar-refractivity contribution is -0.165. The van der Waals surface area contributed by atoms with Crippen LogP contribution in [0.25, 0.3) is 0 Å². The molecule has 0 aromatic heterocycles. The molecular formula is C13H16O6S. The van der Waals surface area contributed by atoms with Crippen molar-refractivity contribution in [3.8, 4) is 5.75 Å². The molecule has 1 aliphatic rings. The van der Waals surface area contributed by atoms with E-state index >= 15 is 0 Å². The topological polar surface area (TPSA) is 89.9 Å². The van der Waals surface area contributed by atoms with Gasteiger partial charge in [-0.25, -0.2) is 8.42 Å².